The maximum absolute atomic E-state index is 13.2. The first-order chi connectivity index (χ1) is 10.8. The van der Waals surface area contributed by atoms with Gasteiger partial charge in [-0.3, -0.25) is 4.79 Å². The van der Waals surface area contributed by atoms with Crippen molar-refractivity contribution in [1.29, 1.82) is 0 Å². The van der Waals surface area contributed by atoms with E-state index in [9.17, 15) is 22.0 Å². The van der Waals surface area contributed by atoms with E-state index in [4.69, 9.17) is 0 Å². The lowest BCUT2D eigenvalue weighted by Gasteiger charge is -2.15. The van der Waals surface area contributed by atoms with E-state index in [2.05, 4.69) is 10.6 Å². The number of benzene rings is 1. The van der Waals surface area contributed by atoms with Gasteiger partial charge in [-0.15, -0.1) is 0 Å². The van der Waals surface area contributed by atoms with Crippen molar-refractivity contribution in [3.63, 3.8) is 0 Å². The van der Waals surface area contributed by atoms with E-state index in [1.54, 1.807) is 6.92 Å². The van der Waals surface area contributed by atoms with Gasteiger partial charge in [0, 0.05) is 12.6 Å². The monoisotopic (exact) mass is 346 g/mol. The van der Waals surface area contributed by atoms with E-state index in [1.807, 2.05) is 0 Å². The Bertz CT molecular complexity index is 679. The normalized spacial score (nSPS) is 21.1. The molecular formula is C15H20F2N2O3S. The van der Waals surface area contributed by atoms with Crippen LogP contribution >= 0.6 is 0 Å². The Morgan fingerprint density at radius 1 is 1.35 bits per heavy atom. The summed E-state index contributed by atoms with van der Waals surface area (Å²) < 4.78 is 48.7. The minimum atomic E-state index is -2.95. The highest BCUT2D eigenvalue weighted by Crippen LogP contribution is 2.17. The fourth-order valence-electron chi connectivity index (χ4n) is 2.50. The fraction of sp³-hybridized carbons (Fsp3) is 0.533. The highest BCUT2D eigenvalue weighted by molar-refractivity contribution is 7.91. The lowest BCUT2D eigenvalue weighted by Crippen LogP contribution is -2.37. The zero-order chi connectivity index (χ0) is 17.0. The molecule has 0 spiro atoms. The van der Waals surface area contributed by atoms with E-state index in [1.165, 1.54) is 6.07 Å². The molecule has 1 aliphatic heterocycles. The summed E-state index contributed by atoms with van der Waals surface area (Å²) in [5, 5.41) is 5.61. The van der Waals surface area contributed by atoms with Crippen molar-refractivity contribution in [3.8, 4) is 0 Å². The van der Waals surface area contributed by atoms with Crippen molar-refractivity contribution in [2.75, 3.05) is 24.6 Å². The molecule has 2 rings (SSSR count). The van der Waals surface area contributed by atoms with Crippen LogP contribution in [0.2, 0.25) is 0 Å². The highest BCUT2D eigenvalue weighted by Gasteiger charge is 2.27. The average Bonchev–Trinajstić information content (AvgIpc) is 2.84. The zero-order valence-electron chi connectivity index (χ0n) is 12.8. The van der Waals surface area contributed by atoms with Crippen molar-refractivity contribution >= 4 is 15.7 Å². The van der Waals surface area contributed by atoms with E-state index in [-0.39, 0.29) is 35.9 Å². The van der Waals surface area contributed by atoms with Crippen LogP contribution in [0.5, 0.6) is 0 Å². The molecule has 0 radical (unpaired) electrons. The summed E-state index contributed by atoms with van der Waals surface area (Å²) in [4.78, 5) is 11.8. The molecule has 0 bridgehead atoms. The van der Waals surface area contributed by atoms with Gasteiger partial charge in [0.25, 0.3) is 0 Å². The Morgan fingerprint density at radius 3 is 2.70 bits per heavy atom. The van der Waals surface area contributed by atoms with Gasteiger partial charge in [0.1, 0.15) is 0 Å². The van der Waals surface area contributed by atoms with Crippen LogP contribution in [0.1, 0.15) is 24.9 Å². The van der Waals surface area contributed by atoms with Crippen LogP contribution in [0.4, 0.5) is 8.78 Å². The first-order valence-electron chi connectivity index (χ1n) is 7.42. The summed E-state index contributed by atoms with van der Waals surface area (Å²) in [5.74, 6) is -1.84. The first-order valence-corrected chi connectivity index (χ1v) is 9.24. The van der Waals surface area contributed by atoms with Crippen LogP contribution in [0.3, 0.4) is 0 Å². The number of amides is 1. The van der Waals surface area contributed by atoms with Gasteiger partial charge in [-0.2, -0.15) is 0 Å². The molecule has 1 aromatic rings. The van der Waals surface area contributed by atoms with Crippen molar-refractivity contribution in [2.45, 2.75) is 19.4 Å². The van der Waals surface area contributed by atoms with E-state index >= 15 is 0 Å². The molecule has 1 saturated heterocycles. The summed E-state index contributed by atoms with van der Waals surface area (Å²) in [6.45, 7) is 2.09. The maximum atomic E-state index is 13.2. The average molecular weight is 346 g/mol. The molecule has 1 aliphatic rings. The van der Waals surface area contributed by atoms with Crippen molar-refractivity contribution in [2.24, 2.45) is 5.92 Å². The Kier molecular flexibility index (Phi) is 5.69. The number of hydrogen-bond donors (Lipinski definition) is 2. The lowest BCUT2D eigenvalue weighted by atomic mass is 10.1. The topological polar surface area (TPSA) is 75.3 Å². The SMILES string of the molecule is C[C@H](NCC(=O)NC[C@H]1CCS(=O)(=O)C1)c1ccc(F)c(F)c1. The highest BCUT2D eigenvalue weighted by atomic mass is 32.2. The molecule has 5 nitrogen and oxygen atoms in total. The second-order valence-corrected chi connectivity index (χ2v) is 8.08. The van der Waals surface area contributed by atoms with Crippen LogP contribution in [0.25, 0.3) is 0 Å². The third-order valence-electron chi connectivity index (χ3n) is 3.93. The van der Waals surface area contributed by atoms with E-state index < -0.39 is 21.5 Å². The molecule has 1 heterocycles. The molecule has 1 amide bonds. The van der Waals surface area contributed by atoms with Crippen LogP contribution < -0.4 is 10.6 Å². The van der Waals surface area contributed by atoms with Gasteiger partial charge in [-0.1, -0.05) is 6.07 Å². The standard InChI is InChI=1S/C15H20F2N2O3S/c1-10(12-2-3-13(16)14(17)6-12)18-8-15(20)19-7-11-4-5-23(21,22)9-11/h2-3,6,10-11,18H,4-5,7-9H2,1H3,(H,19,20)/t10-,11+/m0/s1. The Balaban J connectivity index is 1.74. The molecule has 2 N–H and O–H groups in total. The van der Waals surface area contributed by atoms with Crippen LogP contribution in [-0.4, -0.2) is 38.9 Å². The number of carbonyl (C=O) groups excluding carboxylic acids is 1. The molecular weight excluding hydrogens is 326 g/mol. The molecule has 1 fully saturated rings. The van der Waals surface area contributed by atoms with Crippen molar-refractivity contribution in [3.05, 3.63) is 35.4 Å². The van der Waals surface area contributed by atoms with Crippen LogP contribution in [0, 0.1) is 17.6 Å². The number of sulfone groups is 1. The summed E-state index contributed by atoms with van der Waals surface area (Å²) in [6.07, 6.45) is 0.571. The van der Waals surface area contributed by atoms with E-state index in [0.717, 1.165) is 12.1 Å². The second-order valence-electron chi connectivity index (χ2n) is 5.85. The molecule has 0 aromatic heterocycles. The summed E-state index contributed by atoms with van der Waals surface area (Å²) >= 11 is 0. The lowest BCUT2D eigenvalue weighted by molar-refractivity contribution is -0.120. The second kappa shape index (κ2) is 7.35. The summed E-state index contributed by atoms with van der Waals surface area (Å²) in [5.41, 5.74) is 0.540. The van der Waals surface area contributed by atoms with Crippen molar-refractivity contribution < 1.29 is 22.0 Å². The van der Waals surface area contributed by atoms with Gasteiger partial charge in [0.05, 0.1) is 18.1 Å². The smallest absolute Gasteiger partial charge is 0.233 e. The first kappa shape index (κ1) is 17.8. The largest absolute Gasteiger partial charge is 0.355 e. The molecule has 0 unspecified atom stereocenters. The Hall–Kier alpha value is -1.54. The minimum Gasteiger partial charge on any atom is -0.355 e. The van der Waals surface area contributed by atoms with Crippen molar-refractivity contribution in [1.82, 2.24) is 10.6 Å². The Morgan fingerprint density at radius 2 is 2.09 bits per heavy atom. The van der Waals surface area contributed by atoms with Gasteiger partial charge in [0.15, 0.2) is 21.5 Å². The van der Waals surface area contributed by atoms with Crippen LogP contribution in [-0.2, 0) is 14.6 Å². The summed E-state index contributed by atoms with van der Waals surface area (Å²) in [7, 11) is -2.95. The van der Waals surface area contributed by atoms with Gasteiger partial charge < -0.3 is 10.6 Å². The predicted octanol–water partition coefficient (Wildman–Crippen LogP) is 1.17. The molecule has 2 atom stereocenters. The van der Waals surface area contributed by atoms with E-state index in [0.29, 0.717) is 18.5 Å². The van der Waals surface area contributed by atoms with Gasteiger partial charge in [-0.25, -0.2) is 17.2 Å². The predicted molar refractivity (Wildman–Crippen MR) is 82.5 cm³/mol. The number of halogens is 2. The summed E-state index contributed by atoms with van der Waals surface area (Å²) in [6, 6.07) is 3.28. The zero-order valence-corrected chi connectivity index (χ0v) is 13.6. The van der Waals surface area contributed by atoms with Gasteiger partial charge >= 0.3 is 0 Å². The molecule has 128 valence electrons. The van der Waals surface area contributed by atoms with Gasteiger partial charge in [0.2, 0.25) is 5.91 Å². The third kappa shape index (κ3) is 5.24. The minimum absolute atomic E-state index is 0.0135. The fourth-order valence-corrected chi connectivity index (χ4v) is 4.36. The Labute approximate surface area is 134 Å². The number of carbonyl (C=O) groups is 1. The third-order valence-corrected chi connectivity index (χ3v) is 5.76. The molecule has 1 aromatic carbocycles. The molecule has 0 aliphatic carbocycles. The molecule has 8 heteroatoms. The quantitative estimate of drug-likeness (QED) is 0.811. The molecule has 23 heavy (non-hydrogen) atoms. The number of hydrogen-bond acceptors (Lipinski definition) is 4. The van der Waals surface area contributed by atoms with Crippen LogP contribution in [0.15, 0.2) is 18.2 Å². The van der Waals surface area contributed by atoms with Gasteiger partial charge in [-0.05, 0) is 37.0 Å². The maximum Gasteiger partial charge on any atom is 0.233 e. The number of nitrogens with one attached hydrogen (secondary N) is 2. The number of rotatable bonds is 6. The molecule has 0 saturated carbocycles.